The summed E-state index contributed by atoms with van der Waals surface area (Å²) in [6.07, 6.45) is 3.39. The monoisotopic (exact) mass is 358 g/mol. The first kappa shape index (κ1) is 17.6. The zero-order valence-electron chi connectivity index (χ0n) is 13.9. The SMILES string of the molecule is O=C(C=CN1CCN(Cc2ccccc2F)CC1)c1ccccc1Cl. The van der Waals surface area contributed by atoms with Gasteiger partial charge in [0.2, 0.25) is 0 Å². The molecule has 1 heterocycles. The standard InChI is InChI=1S/C20H20ClFN2O/c21-18-7-3-2-6-17(18)20(25)9-10-23-11-13-24(14-12-23)15-16-5-1-4-8-19(16)22/h1-10H,11-15H2. The van der Waals surface area contributed by atoms with Gasteiger partial charge in [-0.2, -0.15) is 0 Å². The summed E-state index contributed by atoms with van der Waals surface area (Å²) in [6.45, 7) is 3.89. The molecule has 130 valence electrons. The van der Waals surface area contributed by atoms with Gasteiger partial charge in [-0.25, -0.2) is 4.39 Å². The van der Waals surface area contributed by atoms with Crippen LogP contribution in [0.1, 0.15) is 15.9 Å². The van der Waals surface area contributed by atoms with Crippen LogP contribution in [0.25, 0.3) is 0 Å². The van der Waals surface area contributed by atoms with Crippen molar-refractivity contribution >= 4 is 17.4 Å². The number of hydrogen-bond acceptors (Lipinski definition) is 3. The second kappa shape index (κ2) is 8.28. The van der Waals surface area contributed by atoms with Gasteiger partial charge in [-0.15, -0.1) is 0 Å². The minimum Gasteiger partial charge on any atom is -0.375 e. The number of hydrogen-bond donors (Lipinski definition) is 0. The average molecular weight is 359 g/mol. The maximum absolute atomic E-state index is 13.7. The highest BCUT2D eigenvalue weighted by molar-refractivity contribution is 6.34. The summed E-state index contributed by atoms with van der Waals surface area (Å²) in [5, 5.41) is 0.465. The van der Waals surface area contributed by atoms with E-state index in [1.165, 1.54) is 6.07 Å². The summed E-state index contributed by atoms with van der Waals surface area (Å²) >= 11 is 6.04. The molecule has 0 atom stereocenters. The van der Waals surface area contributed by atoms with Gasteiger partial charge < -0.3 is 4.90 Å². The molecule has 0 saturated carbocycles. The number of carbonyl (C=O) groups is 1. The lowest BCUT2D eigenvalue weighted by atomic mass is 10.1. The number of nitrogens with zero attached hydrogens (tertiary/aromatic N) is 2. The second-order valence-electron chi connectivity index (χ2n) is 6.06. The fourth-order valence-electron chi connectivity index (χ4n) is 2.86. The Morgan fingerprint density at radius 2 is 1.72 bits per heavy atom. The molecule has 1 saturated heterocycles. The van der Waals surface area contributed by atoms with Crippen LogP contribution < -0.4 is 0 Å². The first-order valence-electron chi connectivity index (χ1n) is 8.30. The van der Waals surface area contributed by atoms with E-state index in [-0.39, 0.29) is 11.6 Å². The Morgan fingerprint density at radius 3 is 2.44 bits per heavy atom. The molecule has 3 rings (SSSR count). The molecule has 0 N–H and O–H groups in total. The van der Waals surface area contributed by atoms with Crippen LogP contribution in [0.4, 0.5) is 4.39 Å². The van der Waals surface area contributed by atoms with Gasteiger partial charge in [-0.05, 0) is 18.2 Å². The summed E-state index contributed by atoms with van der Waals surface area (Å²) in [4.78, 5) is 16.5. The quantitative estimate of drug-likeness (QED) is 0.596. The lowest BCUT2D eigenvalue weighted by molar-refractivity contribution is 0.104. The van der Waals surface area contributed by atoms with Crippen molar-refractivity contribution in [2.24, 2.45) is 0 Å². The maximum atomic E-state index is 13.7. The van der Waals surface area contributed by atoms with Crippen molar-refractivity contribution < 1.29 is 9.18 Å². The fourth-order valence-corrected chi connectivity index (χ4v) is 3.09. The minimum absolute atomic E-state index is 0.0978. The Balaban J connectivity index is 1.52. The van der Waals surface area contributed by atoms with Crippen LogP contribution in [0.2, 0.25) is 5.02 Å². The maximum Gasteiger partial charge on any atom is 0.188 e. The van der Waals surface area contributed by atoms with E-state index in [4.69, 9.17) is 11.6 Å². The van der Waals surface area contributed by atoms with Crippen molar-refractivity contribution in [1.29, 1.82) is 0 Å². The van der Waals surface area contributed by atoms with Crippen molar-refractivity contribution in [2.45, 2.75) is 6.54 Å². The zero-order valence-corrected chi connectivity index (χ0v) is 14.6. The molecule has 0 spiro atoms. The Bertz CT molecular complexity index is 770. The molecule has 0 radical (unpaired) electrons. The highest BCUT2D eigenvalue weighted by atomic mass is 35.5. The van der Waals surface area contributed by atoms with Crippen molar-refractivity contribution in [1.82, 2.24) is 9.80 Å². The van der Waals surface area contributed by atoms with E-state index >= 15 is 0 Å². The van der Waals surface area contributed by atoms with Gasteiger partial charge in [-0.1, -0.05) is 41.9 Å². The number of carbonyl (C=O) groups excluding carboxylic acids is 1. The summed E-state index contributed by atoms with van der Waals surface area (Å²) in [5.41, 5.74) is 1.24. The highest BCUT2D eigenvalue weighted by Crippen LogP contribution is 2.16. The van der Waals surface area contributed by atoms with Crippen LogP contribution in [0.5, 0.6) is 0 Å². The van der Waals surface area contributed by atoms with Gasteiger partial charge in [0.05, 0.1) is 5.02 Å². The molecule has 1 fully saturated rings. The van der Waals surface area contributed by atoms with Gasteiger partial charge in [0, 0.05) is 56.1 Å². The van der Waals surface area contributed by atoms with Crippen LogP contribution >= 0.6 is 11.6 Å². The molecular formula is C20H20ClFN2O. The fraction of sp³-hybridized carbons (Fsp3) is 0.250. The lowest BCUT2D eigenvalue weighted by Crippen LogP contribution is -2.43. The molecule has 25 heavy (non-hydrogen) atoms. The first-order chi connectivity index (χ1) is 12.1. The Morgan fingerprint density at radius 1 is 1.04 bits per heavy atom. The molecule has 2 aromatic carbocycles. The van der Waals surface area contributed by atoms with Crippen LogP contribution in [-0.2, 0) is 6.54 Å². The number of allylic oxidation sites excluding steroid dienone is 1. The molecule has 1 aliphatic heterocycles. The van der Waals surface area contributed by atoms with E-state index in [0.717, 1.165) is 31.7 Å². The van der Waals surface area contributed by atoms with E-state index in [2.05, 4.69) is 9.80 Å². The third-order valence-electron chi connectivity index (χ3n) is 4.33. The summed E-state index contributed by atoms with van der Waals surface area (Å²) in [5.74, 6) is -0.255. The predicted octanol–water partition coefficient (Wildman–Crippen LogP) is 3.99. The normalized spacial score (nSPS) is 15.7. The third kappa shape index (κ3) is 4.68. The molecule has 5 heteroatoms. The van der Waals surface area contributed by atoms with E-state index in [1.807, 2.05) is 18.3 Å². The Kier molecular flexibility index (Phi) is 5.84. The van der Waals surface area contributed by atoms with Crippen LogP contribution in [0, 0.1) is 5.82 Å². The molecule has 0 aromatic heterocycles. The zero-order chi connectivity index (χ0) is 17.6. The first-order valence-corrected chi connectivity index (χ1v) is 8.68. The highest BCUT2D eigenvalue weighted by Gasteiger charge is 2.16. The van der Waals surface area contributed by atoms with Gasteiger partial charge >= 0.3 is 0 Å². The number of rotatable bonds is 5. The topological polar surface area (TPSA) is 23.6 Å². The molecule has 2 aromatic rings. The molecular weight excluding hydrogens is 339 g/mol. The smallest absolute Gasteiger partial charge is 0.188 e. The van der Waals surface area contributed by atoms with Crippen LogP contribution in [0.3, 0.4) is 0 Å². The van der Waals surface area contributed by atoms with Crippen molar-refractivity contribution in [3.05, 3.63) is 82.8 Å². The largest absolute Gasteiger partial charge is 0.375 e. The predicted molar refractivity (Wildman–Crippen MR) is 98.2 cm³/mol. The molecule has 0 bridgehead atoms. The van der Waals surface area contributed by atoms with Crippen molar-refractivity contribution in [2.75, 3.05) is 26.2 Å². The van der Waals surface area contributed by atoms with Gasteiger partial charge in [0.15, 0.2) is 5.78 Å². The number of piperazine rings is 1. The van der Waals surface area contributed by atoms with Crippen molar-refractivity contribution in [3.63, 3.8) is 0 Å². The molecule has 0 unspecified atom stereocenters. The van der Waals surface area contributed by atoms with Gasteiger partial charge in [0.25, 0.3) is 0 Å². The van der Waals surface area contributed by atoms with Gasteiger partial charge in [-0.3, -0.25) is 9.69 Å². The molecule has 3 nitrogen and oxygen atoms in total. The summed E-state index contributed by atoms with van der Waals surface area (Å²) in [7, 11) is 0. The van der Waals surface area contributed by atoms with E-state index in [9.17, 15) is 9.18 Å². The number of benzene rings is 2. The molecule has 1 aliphatic rings. The van der Waals surface area contributed by atoms with Crippen LogP contribution in [-0.4, -0.2) is 41.8 Å². The summed E-state index contributed by atoms with van der Waals surface area (Å²) in [6, 6.07) is 13.9. The number of halogens is 2. The van der Waals surface area contributed by atoms with Crippen LogP contribution in [0.15, 0.2) is 60.8 Å². The second-order valence-corrected chi connectivity index (χ2v) is 6.47. The summed E-state index contributed by atoms with van der Waals surface area (Å²) < 4.78 is 13.7. The molecule has 0 amide bonds. The lowest BCUT2D eigenvalue weighted by Gasteiger charge is -2.34. The Labute approximate surface area is 152 Å². The Hall–Kier alpha value is -2.17. The molecule has 0 aliphatic carbocycles. The van der Waals surface area contributed by atoms with E-state index in [0.29, 0.717) is 17.1 Å². The minimum atomic E-state index is -0.157. The van der Waals surface area contributed by atoms with Gasteiger partial charge in [0.1, 0.15) is 5.82 Å². The third-order valence-corrected chi connectivity index (χ3v) is 4.66. The average Bonchev–Trinajstić information content (AvgIpc) is 2.63. The van der Waals surface area contributed by atoms with E-state index in [1.54, 1.807) is 36.4 Å². The van der Waals surface area contributed by atoms with Crippen molar-refractivity contribution in [3.8, 4) is 0 Å². The van der Waals surface area contributed by atoms with E-state index < -0.39 is 0 Å². The number of ketones is 1.